The Labute approximate surface area is 116 Å². The Hall–Kier alpha value is -1.75. The smallest absolute Gasteiger partial charge is 0.445 e. The van der Waals surface area contributed by atoms with E-state index in [4.69, 9.17) is 5.26 Å². The summed E-state index contributed by atoms with van der Waals surface area (Å²) in [6, 6.07) is 2.03. The minimum Gasteiger partial charge on any atom is -0.461 e. The molecule has 0 N–H and O–H groups in total. The molecule has 0 saturated heterocycles. The Morgan fingerprint density at radius 2 is 2.05 bits per heavy atom. The third-order valence-electron chi connectivity index (χ3n) is 1.72. The normalized spacial score (nSPS) is 11.5. The van der Waals surface area contributed by atoms with E-state index >= 15 is 0 Å². The summed E-state index contributed by atoms with van der Waals surface area (Å²) in [6.07, 6.45) is -0.781. The lowest BCUT2D eigenvalue weighted by Gasteiger charge is -2.21. The van der Waals surface area contributed by atoms with Crippen LogP contribution in [0.5, 0.6) is 0 Å². The second-order valence-corrected chi connectivity index (χ2v) is 5.72. The van der Waals surface area contributed by atoms with E-state index in [-0.39, 0.29) is 12.3 Å². The zero-order valence-electron chi connectivity index (χ0n) is 11.6. The largest absolute Gasteiger partial charge is 0.461 e. The third kappa shape index (κ3) is 6.67. The van der Waals surface area contributed by atoms with Crippen LogP contribution in [0.15, 0.2) is 5.16 Å². The highest BCUT2D eigenvalue weighted by Gasteiger charge is 2.24. The summed E-state index contributed by atoms with van der Waals surface area (Å²) in [6.45, 7) is 6.57. The number of oxime groups is 1. The molecule has 19 heavy (non-hydrogen) atoms. The first kappa shape index (κ1) is 17.2. The number of carbonyl (C=O) groups excluding carboxylic acids is 2. The van der Waals surface area contributed by atoms with Crippen LogP contribution in [0.4, 0.5) is 4.79 Å². The fraction of sp³-hybridized carbons (Fsp3) is 0.636. The van der Waals surface area contributed by atoms with Crippen LogP contribution in [0.1, 0.15) is 27.7 Å². The van der Waals surface area contributed by atoms with E-state index in [0.717, 1.165) is 16.3 Å². The Morgan fingerprint density at radius 1 is 1.47 bits per heavy atom. The average Bonchev–Trinajstić information content (AvgIpc) is 2.35. The van der Waals surface area contributed by atoms with E-state index in [1.807, 2.05) is 6.07 Å². The molecule has 0 bridgehead atoms. The van der Waals surface area contributed by atoms with E-state index in [2.05, 4.69) is 14.7 Å². The quantitative estimate of drug-likeness (QED) is 0.252. The van der Waals surface area contributed by atoms with Crippen molar-refractivity contribution in [1.29, 1.82) is 5.26 Å². The number of rotatable bonds is 5. The molecule has 0 aromatic heterocycles. The van der Waals surface area contributed by atoms with Gasteiger partial charge in [-0.15, -0.1) is 0 Å². The molecule has 0 aromatic rings. The van der Waals surface area contributed by atoms with Gasteiger partial charge in [0.1, 0.15) is 4.75 Å². The first-order chi connectivity index (χ1) is 8.73. The Kier molecular flexibility index (Phi) is 6.93. The average molecular weight is 287 g/mol. The molecule has 7 nitrogen and oxygen atoms in total. The number of nitriles is 1. The first-order valence-electron chi connectivity index (χ1n) is 5.50. The van der Waals surface area contributed by atoms with Crippen LogP contribution < -0.4 is 0 Å². The molecular formula is C11H17N3O4S. The minimum absolute atomic E-state index is 0.0619. The van der Waals surface area contributed by atoms with Gasteiger partial charge in [0.15, 0.2) is 5.71 Å². The molecule has 106 valence electrons. The second kappa shape index (κ2) is 7.63. The molecule has 0 fully saturated rings. The van der Waals surface area contributed by atoms with Crippen molar-refractivity contribution in [1.82, 2.24) is 4.31 Å². The van der Waals surface area contributed by atoms with Gasteiger partial charge in [0.25, 0.3) is 0 Å². The SMILES string of the molecule is CCOC(=O)/C(C)=N/OC(=O)N(C)SC(C)(C)C#N. The maximum Gasteiger partial charge on any atom is 0.445 e. The summed E-state index contributed by atoms with van der Waals surface area (Å²) < 4.78 is 5.03. The maximum absolute atomic E-state index is 11.5. The van der Waals surface area contributed by atoms with Crippen molar-refractivity contribution in [2.45, 2.75) is 32.4 Å². The van der Waals surface area contributed by atoms with E-state index in [1.165, 1.54) is 14.0 Å². The fourth-order valence-electron chi connectivity index (χ4n) is 0.838. The monoisotopic (exact) mass is 287 g/mol. The summed E-state index contributed by atoms with van der Waals surface area (Å²) in [7, 11) is 1.45. The van der Waals surface area contributed by atoms with Crippen molar-refractivity contribution >= 4 is 29.7 Å². The molecule has 0 aliphatic heterocycles. The van der Waals surface area contributed by atoms with Crippen molar-refractivity contribution < 1.29 is 19.2 Å². The number of amides is 1. The number of hydrogen-bond acceptors (Lipinski definition) is 7. The summed E-state index contributed by atoms with van der Waals surface area (Å²) in [5, 5.41) is 12.2. The lowest BCUT2D eigenvalue weighted by atomic mass is 10.2. The van der Waals surface area contributed by atoms with Gasteiger partial charge in [0, 0.05) is 7.05 Å². The molecular weight excluding hydrogens is 270 g/mol. The van der Waals surface area contributed by atoms with Gasteiger partial charge in [-0.2, -0.15) is 5.26 Å². The third-order valence-corrected chi connectivity index (χ3v) is 2.69. The highest BCUT2D eigenvalue weighted by atomic mass is 32.2. The van der Waals surface area contributed by atoms with Gasteiger partial charge in [0.2, 0.25) is 0 Å². The Bertz CT molecular complexity index is 415. The van der Waals surface area contributed by atoms with Crippen LogP contribution in [0.2, 0.25) is 0 Å². The van der Waals surface area contributed by atoms with E-state index < -0.39 is 16.8 Å². The van der Waals surface area contributed by atoms with Gasteiger partial charge in [0.05, 0.1) is 12.7 Å². The highest BCUT2D eigenvalue weighted by Crippen LogP contribution is 2.26. The lowest BCUT2D eigenvalue weighted by Crippen LogP contribution is -2.27. The molecule has 8 heteroatoms. The first-order valence-corrected chi connectivity index (χ1v) is 6.27. The standard InChI is InChI=1S/C11H17N3O4S/c1-6-17-9(15)8(2)13-18-10(16)14(5)19-11(3,4)7-12/h6H2,1-5H3/b13-8+. The van der Waals surface area contributed by atoms with Crippen LogP contribution in [-0.2, 0) is 14.4 Å². The van der Waals surface area contributed by atoms with Crippen molar-refractivity contribution in [3.05, 3.63) is 0 Å². The van der Waals surface area contributed by atoms with Crippen molar-refractivity contribution in [3.63, 3.8) is 0 Å². The zero-order valence-corrected chi connectivity index (χ0v) is 12.4. The predicted octanol–water partition coefficient (Wildman–Crippen LogP) is 1.94. The molecule has 0 aliphatic rings. The van der Waals surface area contributed by atoms with Crippen LogP contribution in [0.25, 0.3) is 0 Å². The number of hydrogen-bond donors (Lipinski definition) is 0. The molecule has 1 amide bonds. The molecule has 0 aliphatic carbocycles. The lowest BCUT2D eigenvalue weighted by molar-refractivity contribution is -0.135. The molecule has 0 aromatic carbocycles. The van der Waals surface area contributed by atoms with Crippen molar-refractivity contribution in [3.8, 4) is 6.07 Å². The second-order valence-electron chi connectivity index (χ2n) is 3.97. The molecule has 0 unspecified atom stereocenters. The van der Waals surface area contributed by atoms with Gasteiger partial charge in [-0.05, 0) is 39.6 Å². The van der Waals surface area contributed by atoms with Crippen molar-refractivity contribution in [2.75, 3.05) is 13.7 Å². The molecule has 0 rings (SSSR count). The summed E-state index contributed by atoms with van der Waals surface area (Å²) >= 11 is 0.993. The molecule has 0 saturated carbocycles. The summed E-state index contributed by atoms with van der Waals surface area (Å²) in [5.74, 6) is -0.650. The van der Waals surface area contributed by atoms with Crippen LogP contribution >= 0.6 is 11.9 Å². The van der Waals surface area contributed by atoms with Gasteiger partial charge in [-0.25, -0.2) is 9.59 Å². The number of ether oxygens (including phenoxy) is 1. The van der Waals surface area contributed by atoms with E-state index in [1.54, 1.807) is 20.8 Å². The number of esters is 1. The van der Waals surface area contributed by atoms with Gasteiger partial charge in [-0.1, -0.05) is 5.16 Å². The fourth-order valence-corrected chi connectivity index (χ4v) is 1.67. The Morgan fingerprint density at radius 3 is 2.53 bits per heavy atom. The summed E-state index contributed by atoms with van der Waals surface area (Å²) in [4.78, 5) is 27.3. The number of nitrogens with zero attached hydrogens (tertiary/aromatic N) is 3. The summed E-state index contributed by atoms with van der Waals surface area (Å²) in [5.41, 5.74) is -0.0619. The van der Waals surface area contributed by atoms with Gasteiger partial charge in [-0.3, -0.25) is 9.14 Å². The molecule has 0 radical (unpaired) electrons. The van der Waals surface area contributed by atoms with Crippen molar-refractivity contribution in [2.24, 2.45) is 5.16 Å². The predicted molar refractivity (Wildman–Crippen MR) is 71.3 cm³/mol. The molecule has 0 heterocycles. The zero-order chi connectivity index (χ0) is 15.1. The van der Waals surface area contributed by atoms with Crippen LogP contribution in [-0.4, -0.2) is 40.5 Å². The highest BCUT2D eigenvalue weighted by molar-refractivity contribution is 7.99. The Balaban J connectivity index is 4.43. The van der Waals surface area contributed by atoms with E-state index in [0.29, 0.717) is 0 Å². The maximum atomic E-state index is 11.5. The van der Waals surface area contributed by atoms with E-state index in [9.17, 15) is 9.59 Å². The molecule has 0 atom stereocenters. The van der Waals surface area contributed by atoms with Crippen LogP contribution in [0.3, 0.4) is 0 Å². The van der Waals surface area contributed by atoms with Gasteiger partial charge >= 0.3 is 12.1 Å². The number of carbonyl (C=O) groups is 2. The minimum atomic E-state index is -0.781. The van der Waals surface area contributed by atoms with Gasteiger partial charge < -0.3 is 4.74 Å². The molecule has 0 spiro atoms. The topological polar surface area (TPSA) is 92.0 Å². The van der Waals surface area contributed by atoms with Crippen LogP contribution in [0, 0.1) is 11.3 Å².